The van der Waals surface area contributed by atoms with Crippen LogP contribution >= 0.6 is 0 Å². The molecule has 5 heteroatoms. The van der Waals surface area contributed by atoms with E-state index < -0.39 is 0 Å². The van der Waals surface area contributed by atoms with Crippen molar-refractivity contribution in [2.45, 2.75) is 13.8 Å². The summed E-state index contributed by atoms with van der Waals surface area (Å²) in [6.45, 7) is 4.33. The van der Waals surface area contributed by atoms with E-state index in [2.05, 4.69) is 215 Å². The Morgan fingerprint density at radius 1 is 0.475 bits per heavy atom. The van der Waals surface area contributed by atoms with E-state index in [-0.39, 0.29) is 0 Å². The number of rotatable bonds is 8. The summed E-state index contributed by atoms with van der Waals surface area (Å²) in [5.41, 5.74) is 15.3. The molecule has 0 aliphatic rings. The average molecular weight is 760 g/mol. The lowest BCUT2D eigenvalue weighted by Gasteiger charge is -2.26. The highest BCUT2D eigenvalue weighted by Crippen LogP contribution is 2.41. The minimum Gasteiger partial charge on any atom is -0.310 e. The predicted molar refractivity (Wildman–Crippen MR) is 248 cm³/mol. The highest BCUT2D eigenvalue weighted by atomic mass is 15.1. The van der Waals surface area contributed by atoms with Crippen LogP contribution in [0.4, 0.5) is 17.1 Å². The summed E-state index contributed by atoms with van der Waals surface area (Å²) in [6.07, 6.45) is 16.0. The van der Waals surface area contributed by atoms with E-state index in [0.29, 0.717) is 0 Å². The predicted octanol–water partition coefficient (Wildman–Crippen LogP) is 13.9. The molecule has 0 saturated carbocycles. The average Bonchev–Trinajstić information content (AvgIpc) is 3.78. The van der Waals surface area contributed by atoms with E-state index in [1.807, 2.05) is 36.7 Å². The van der Waals surface area contributed by atoms with Crippen molar-refractivity contribution in [1.82, 2.24) is 19.1 Å². The summed E-state index contributed by atoms with van der Waals surface area (Å²) in [7, 11) is 0. The Kier molecular flexibility index (Phi) is 9.88. The molecule has 4 heterocycles. The molecule has 0 fully saturated rings. The third kappa shape index (κ3) is 6.63. The molecule has 0 spiro atoms. The SMILES string of the molecule is C#C.C/C=C\c1c(C)c2cc3c4ccccc4n(-c4ccc(N(c5cccc(-c6ccccn6)c5)c5cccc(-c6ccccn6)c5)cc4)c3cc2n1-c1ccccc1. The van der Waals surface area contributed by atoms with E-state index in [4.69, 9.17) is 0 Å². The lowest BCUT2D eigenvalue weighted by molar-refractivity contribution is 1.09. The van der Waals surface area contributed by atoms with Crippen LogP contribution in [-0.4, -0.2) is 19.1 Å². The van der Waals surface area contributed by atoms with Crippen LogP contribution < -0.4 is 4.90 Å². The molecule has 0 radical (unpaired) electrons. The molecule has 5 nitrogen and oxygen atoms in total. The third-order valence-corrected chi connectivity index (χ3v) is 10.9. The number of hydrogen-bond donors (Lipinski definition) is 0. The molecule has 59 heavy (non-hydrogen) atoms. The highest BCUT2D eigenvalue weighted by molar-refractivity contribution is 6.14. The number of aromatic nitrogens is 4. The van der Waals surface area contributed by atoms with Gasteiger partial charge in [-0.3, -0.25) is 9.97 Å². The van der Waals surface area contributed by atoms with Gasteiger partial charge in [-0.25, -0.2) is 0 Å². The first kappa shape index (κ1) is 36.7. The normalized spacial score (nSPS) is 11.3. The zero-order valence-electron chi connectivity index (χ0n) is 32.9. The minimum absolute atomic E-state index is 0.934. The van der Waals surface area contributed by atoms with Crippen molar-refractivity contribution in [2.24, 2.45) is 0 Å². The van der Waals surface area contributed by atoms with Crippen LogP contribution in [0.5, 0.6) is 0 Å². The van der Waals surface area contributed by atoms with Crippen molar-refractivity contribution in [1.29, 1.82) is 0 Å². The van der Waals surface area contributed by atoms with Crippen LogP contribution in [0.15, 0.2) is 194 Å². The van der Waals surface area contributed by atoms with Gasteiger partial charge in [-0.1, -0.05) is 78.9 Å². The number of para-hydroxylation sites is 2. The van der Waals surface area contributed by atoms with Gasteiger partial charge in [0.15, 0.2) is 0 Å². The molecule has 10 rings (SSSR count). The zero-order chi connectivity index (χ0) is 40.3. The van der Waals surface area contributed by atoms with Crippen LogP contribution in [0.2, 0.25) is 0 Å². The van der Waals surface area contributed by atoms with Crippen LogP contribution in [0.25, 0.3) is 72.7 Å². The molecule has 10 aromatic rings. The van der Waals surface area contributed by atoms with Gasteiger partial charge in [0.25, 0.3) is 0 Å². The van der Waals surface area contributed by atoms with Crippen LogP contribution in [0.3, 0.4) is 0 Å². The molecular weight excluding hydrogens is 719 g/mol. The van der Waals surface area contributed by atoms with Gasteiger partial charge in [-0.2, -0.15) is 0 Å². The molecule has 0 saturated heterocycles. The number of benzene rings is 6. The number of terminal acetylenes is 1. The van der Waals surface area contributed by atoms with Gasteiger partial charge in [0.2, 0.25) is 0 Å². The minimum atomic E-state index is 0.934. The van der Waals surface area contributed by atoms with Gasteiger partial charge in [-0.15, -0.1) is 12.8 Å². The molecule has 0 unspecified atom stereocenters. The van der Waals surface area contributed by atoms with Crippen LogP contribution in [-0.2, 0) is 0 Å². The summed E-state index contributed by atoms with van der Waals surface area (Å²) >= 11 is 0. The largest absolute Gasteiger partial charge is 0.310 e. The molecule has 0 aliphatic heterocycles. The smallest absolute Gasteiger partial charge is 0.0702 e. The standard InChI is InChI=1S/C52H39N5.C2H2/c1-3-15-49-36(2)45-34-46-44-22-7-8-25-50(44)57(52(46)35-51(45)56(49)39-18-5-4-6-19-39)41-28-26-40(27-29-41)55(42-20-13-16-37(32-42)47-23-9-11-30-53-47)43-21-14-17-38(33-43)48-24-10-12-31-54-48;1-2/h3-35H,1-2H3;1-2H/b15-3-;. The molecule has 282 valence electrons. The van der Waals surface area contributed by atoms with E-state index in [1.165, 1.54) is 44.0 Å². The first-order valence-corrected chi connectivity index (χ1v) is 19.7. The Bertz CT molecular complexity index is 3040. The Hall–Kier alpha value is -7.94. The number of pyridine rings is 2. The summed E-state index contributed by atoms with van der Waals surface area (Å²) in [5.74, 6) is 0. The van der Waals surface area contributed by atoms with Crippen LogP contribution in [0, 0.1) is 19.8 Å². The van der Waals surface area contributed by atoms with E-state index in [0.717, 1.165) is 51.0 Å². The summed E-state index contributed by atoms with van der Waals surface area (Å²) in [4.78, 5) is 11.6. The van der Waals surface area contributed by atoms with Crippen LogP contribution in [0.1, 0.15) is 18.2 Å². The quantitative estimate of drug-likeness (QED) is 0.145. The number of nitrogens with zero attached hydrogens (tertiary/aromatic N) is 5. The van der Waals surface area contributed by atoms with Gasteiger partial charge in [0.05, 0.1) is 27.9 Å². The molecule has 0 N–H and O–H groups in total. The maximum atomic E-state index is 4.66. The first-order chi connectivity index (χ1) is 29.2. The highest BCUT2D eigenvalue weighted by Gasteiger charge is 2.20. The second-order valence-electron chi connectivity index (χ2n) is 14.3. The number of anilines is 3. The van der Waals surface area contributed by atoms with Gasteiger partial charge in [-0.05, 0) is 129 Å². The second kappa shape index (κ2) is 15.9. The van der Waals surface area contributed by atoms with Crippen molar-refractivity contribution in [3.8, 4) is 46.7 Å². The zero-order valence-corrected chi connectivity index (χ0v) is 32.9. The molecular formula is C54H41N5. The number of hydrogen-bond acceptors (Lipinski definition) is 3. The van der Waals surface area contributed by atoms with Gasteiger partial charge < -0.3 is 14.0 Å². The summed E-state index contributed by atoms with van der Waals surface area (Å²) in [5, 5.41) is 3.73. The molecule has 0 aliphatic carbocycles. The number of aryl methyl sites for hydroxylation is 1. The van der Waals surface area contributed by atoms with Gasteiger partial charge in [0.1, 0.15) is 0 Å². The number of fused-ring (bicyclic) bond motifs is 4. The van der Waals surface area contributed by atoms with Crippen molar-refractivity contribution in [2.75, 3.05) is 4.90 Å². The van der Waals surface area contributed by atoms with Crippen molar-refractivity contribution in [3.63, 3.8) is 0 Å². The Morgan fingerprint density at radius 2 is 1.05 bits per heavy atom. The Labute approximate surface area is 344 Å². The van der Waals surface area contributed by atoms with E-state index >= 15 is 0 Å². The molecule has 0 bridgehead atoms. The summed E-state index contributed by atoms with van der Waals surface area (Å²) in [6, 6.07) is 62.4. The second-order valence-corrected chi connectivity index (χ2v) is 14.3. The lowest BCUT2D eigenvalue weighted by atomic mass is 10.1. The topological polar surface area (TPSA) is 38.9 Å². The van der Waals surface area contributed by atoms with E-state index in [1.54, 1.807) is 0 Å². The molecule has 0 amide bonds. The fourth-order valence-electron chi connectivity index (χ4n) is 8.29. The van der Waals surface area contributed by atoms with Gasteiger partial charge >= 0.3 is 0 Å². The lowest BCUT2D eigenvalue weighted by Crippen LogP contribution is -2.10. The summed E-state index contributed by atoms with van der Waals surface area (Å²) < 4.78 is 4.81. The third-order valence-electron chi connectivity index (χ3n) is 10.9. The maximum Gasteiger partial charge on any atom is 0.0702 e. The first-order valence-electron chi connectivity index (χ1n) is 19.7. The molecule has 0 atom stereocenters. The Morgan fingerprint density at radius 3 is 1.66 bits per heavy atom. The molecule has 4 aromatic heterocycles. The molecule has 6 aromatic carbocycles. The fourth-order valence-corrected chi connectivity index (χ4v) is 8.29. The van der Waals surface area contributed by atoms with Crippen molar-refractivity contribution in [3.05, 3.63) is 206 Å². The van der Waals surface area contributed by atoms with Crippen molar-refractivity contribution >= 4 is 55.8 Å². The van der Waals surface area contributed by atoms with E-state index in [9.17, 15) is 0 Å². The van der Waals surface area contributed by atoms with Gasteiger partial charge in [0, 0.05) is 73.8 Å². The monoisotopic (exact) mass is 759 g/mol. The van der Waals surface area contributed by atoms with Crippen molar-refractivity contribution < 1.29 is 0 Å². The maximum absolute atomic E-state index is 4.66. The number of allylic oxidation sites excluding steroid dienone is 1. The Balaban J connectivity index is 0.00000221. The fraction of sp³-hybridized carbons (Fsp3) is 0.0370.